The molecule has 0 bridgehead atoms. The van der Waals surface area contributed by atoms with Crippen LogP contribution >= 0.6 is 11.3 Å². The van der Waals surface area contributed by atoms with Crippen molar-refractivity contribution in [2.24, 2.45) is 0 Å². The zero-order valence-electron chi connectivity index (χ0n) is 15.7. The highest BCUT2D eigenvalue weighted by Gasteiger charge is 2.26. The first kappa shape index (κ1) is 19.9. The topological polar surface area (TPSA) is 75.2 Å². The van der Waals surface area contributed by atoms with E-state index in [4.69, 9.17) is 0 Å². The van der Waals surface area contributed by atoms with E-state index in [9.17, 15) is 12.8 Å². The Bertz CT molecular complexity index is 1060. The van der Waals surface area contributed by atoms with Gasteiger partial charge in [0.25, 0.3) is 0 Å². The Kier molecular flexibility index (Phi) is 5.89. The number of aromatic nitrogens is 2. The molecular weight excluding hydrogens is 411 g/mol. The fraction of sp³-hybridized carbons (Fsp3) is 0.300. The van der Waals surface area contributed by atoms with Gasteiger partial charge in [-0.25, -0.2) is 12.8 Å². The largest absolute Gasteiger partial charge is 0.356 e. The van der Waals surface area contributed by atoms with Crippen LogP contribution in [0.4, 0.5) is 9.52 Å². The summed E-state index contributed by atoms with van der Waals surface area (Å²) in [5.74, 6) is -0.257. The maximum absolute atomic E-state index is 13.0. The molecule has 1 fully saturated rings. The molecule has 4 rings (SSSR count). The van der Waals surface area contributed by atoms with Crippen molar-refractivity contribution in [2.45, 2.75) is 30.7 Å². The van der Waals surface area contributed by atoms with E-state index in [0.29, 0.717) is 36.1 Å². The monoisotopic (exact) mass is 432 g/mol. The second-order valence-electron chi connectivity index (χ2n) is 6.91. The van der Waals surface area contributed by atoms with Crippen molar-refractivity contribution in [1.29, 1.82) is 0 Å². The molecule has 1 saturated heterocycles. The van der Waals surface area contributed by atoms with Crippen LogP contribution in [0.25, 0.3) is 0 Å². The highest BCUT2D eigenvalue weighted by Crippen LogP contribution is 2.22. The molecule has 0 unspecified atom stereocenters. The molecule has 2 aromatic carbocycles. The van der Waals surface area contributed by atoms with Crippen LogP contribution in [-0.4, -0.2) is 36.0 Å². The summed E-state index contributed by atoms with van der Waals surface area (Å²) >= 11 is 1.45. The van der Waals surface area contributed by atoms with E-state index in [-0.39, 0.29) is 5.82 Å². The van der Waals surface area contributed by atoms with E-state index in [1.54, 1.807) is 28.6 Å². The van der Waals surface area contributed by atoms with Crippen molar-refractivity contribution >= 4 is 26.5 Å². The van der Waals surface area contributed by atoms with Gasteiger partial charge in [-0.1, -0.05) is 35.6 Å². The minimum absolute atomic E-state index is 0.257. The molecule has 1 N–H and O–H groups in total. The lowest BCUT2D eigenvalue weighted by Crippen LogP contribution is -2.27. The van der Waals surface area contributed by atoms with Crippen molar-refractivity contribution < 1.29 is 12.8 Å². The smallest absolute Gasteiger partial charge is 0.243 e. The molecule has 0 spiro atoms. The number of sulfonamides is 1. The van der Waals surface area contributed by atoms with Gasteiger partial charge in [0.05, 0.1) is 4.90 Å². The molecular formula is C20H21FN4O2S2. The van der Waals surface area contributed by atoms with Gasteiger partial charge in [-0.15, -0.1) is 10.2 Å². The molecule has 29 heavy (non-hydrogen) atoms. The number of hydrogen-bond acceptors (Lipinski definition) is 6. The summed E-state index contributed by atoms with van der Waals surface area (Å²) < 4.78 is 39.7. The number of rotatable bonds is 7. The Morgan fingerprint density at radius 1 is 0.966 bits per heavy atom. The standard InChI is InChI=1S/C20H21FN4O2S2/c21-17-7-3-15(4-8-17)13-19-23-24-20(28-19)22-14-16-5-9-18(10-6-16)29(26,27)25-11-1-2-12-25/h3-10H,1-2,11-14H2,(H,22,24). The van der Waals surface area contributed by atoms with Gasteiger partial charge in [0.15, 0.2) is 0 Å². The van der Waals surface area contributed by atoms with E-state index in [0.717, 1.165) is 29.0 Å². The van der Waals surface area contributed by atoms with Crippen LogP contribution < -0.4 is 5.32 Å². The maximum Gasteiger partial charge on any atom is 0.243 e. The maximum atomic E-state index is 13.0. The van der Waals surface area contributed by atoms with Crippen molar-refractivity contribution in [1.82, 2.24) is 14.5 Å². The van der Waals surface area contributed by atoms with Crippen LogP contribution in [0.2, 0.25) is 0 Å². The average Bonchev–Trinajstić information content (AvgIpc) is 3.41. The third-order valence-electron chi connectivity index (χ3n) is 4.81. The molecule has 0 radical (unpaired) electrons. The summed E-state index contributed by atoms with van der Waals surface area (Å²) in [6, 6.07) is 13.3. The normalized spacial score (nSPS) is 14.9. The van der Waals surface area contributed by atoms with Gasteiger partial charge >= 0.3 is 0 Å². The first-order valence-corrected chi connectivity index (χ1v) is 11.7. The summed E-state index contributed by atoms with van der Waals surface area (Å²) in [6.07, 6.45) is 2.45. The molecule has 0 atom stereocenters. The highest BCUT2D eigenvalue weighted by atomic mass is 32.2. The Hall–Kier alpha value is -2.36. The highest BCUT2D eigenvalue weighted by molar-refractivity contribution is 7.89. The Morgan fingerprint density at radius 2 is 1.62 bits per heavy atom. The first-order valence-electron chi connectivity index (χ1n) is 9.40. The van der Waals surface area contributed by atoms with E-state index >= 15 is 0 Å². The number of hydrogen-bond donors (Lipinski definition) is 1. The van der Waals surface area contributed by atoms with Gasteiger partial charge in [0, 0.05) is 26.1 Å². The first-order chi connectivity index (χ1) is 14.0. The minimum atomic E-state index is -3.38. The molecule has 152 valence electrons. The van der Waals surface area contributed by atoms with Crippen LogP contribution in [0.5, 0.6) is 0 Å². The van der Waals surface area contributed by atoms with Gasteiger partial charge in [0.2, 0.25) is 15.2 Å². The Balaban J connectivity index is 1.34. The summed E-state index contributed by atoms with van der Waals surface area (Å²) in [6.45, 7) is 1.72. The summed E-state index contributed by atoms with van der Waals surface area (Å²) in [5.41, 5.74) is 1.93. The summed E-state index contributed by atoms with van der Waals surface area (Å²) in [5, 5.41) is 13.0. The predicted molar refractivity (Wildman–Crippen MR) is 111 cm³/mol. The van der Waals surface area contributed by atoms with Gasteiger partial charge in [0.1, 0.15) is 10.8 Å². The van der Waals surface area contributed by atoms with Gasteiger partial charge < -0.3 is 5.32 Å². The zero-order valence-corrected chi connectivity index (χ0v) is 17.3. The third-order valence-corrected chi connectivity index (χ3v) is 7.60. The van der Waals surface area contributed by atoms with E-state index in [2.05, 4.69) is 15.5 Å². The van der Waals surface area contributed by atoms with Crippen LogP contribution in [0.1, 0.15) is 29.0 Å². The Labute approximate surface area is 173 Å². The third kappa shape index (κ3) is 4.80. The Morgan fingerprint density at radius 3 is 2.31 bits per heavy atom. The molecule has 1 aliphatic rings. The lowest BCUT2D eigenvalue weighted by Gasteiger charge is -2.15. The molecule has 6 nitrogen and oxygen atoms in total. The number of nitrogens with zero attached hydrogens (tertiary/aromatic N) is 3. The van der Waals surface area contributed by atoms with Gasteiger partial charge in [-0.2, -0.15) is 4.31 Å². The lowest BCUT2D eigenvalue weighted by atomic mass is 10.2. The summed E-state index contributed by atoms with van der Waals surface area (Å²) in [7, 11) is -3.38. The number of benzene rings is 2. The van der Waals surface area contributed by atoms with Crippen LogP contribution in [0.15, 0.2) is 53.4 Å². The molecule has 1 aromatic heterocycles. The number of halogens is 1. The SMILES string of the molecule is O=S(=O)(c1ccc(CNc2nnc(Cc3ccc(F)cc3)s2)cc1)N1CCCC1. The fourth-order valence-electron chi connectivity index (χ4n) is 3.21. The van der Waals surface area contributed by atoms with E-state index < -0.39 is 10.0 Å². The van der Waals surface area contributed by atoms with Crippen LogP contribution in [-0.2, 0) is 23.0 Å². The van der Waals surface area contributed by atoms with Crippen LogP contribution in [0, 0.1) is 5.82 Å². The molecule has 1 aliphatic heterocycles. The quantitative estimate of drug-likeness (QED) is 0.617. The average molecular weight is 433 g/mol. The lowest BCUT2D eigenvalue weighted by molar-refractivity contribution is 0.477. The van der Waals surface area contributed by atoms with E-state index in [1.807, 2.05) is 12.1 Å². The second-order valence-corrected chi connectivity index (χ2v) is 9.91. The molecule has 3 aromatic rings. The van der Waals surface area contributed by atoms with Gasteiger partial charge in [-0.05, 0) is 48.2 Å². The number of anilines is 1. The molecule has 0 amide bonds. The van der Waals surface area contributed by atoms with Crippen molar-refractivity contribution in [3.63, 3.8) is 0 Å². The van der Waals surface area contributed by atoms with Crippen LogP contribution in [0.3, 0.4) is 0 Å². The zero-order chi connectivity index (χ0) is 20.3. The van der Waals surface area contributed by atoms with Crippen molar-refractivity contribution in [2.75, 3.05) is 18.4 Å². The molecule has 2 heterocycles. The minimum Gasteiger partial charge on any atom is -0.356 e. The fourth-order valence-corrected chi connectivity index (χ4v) is 5.49. The van der Waals surface area contributed by atoms with E-state index in [1.165, 1.54) is 23.5 Å². The molecule has 9 heteroatoms. The number of nitrogens with one attached hydrogen (secondary N) is 1. The second kappa shape index (κ2) is 8.56. The predicted octanol–water partition coefficient (Wildman–Crippen LogP) is 3.66. The van der Waals surface area contributed by atoms with Crippen molar-refractivity contribution in [3.05, 3.63) is 70.5 Å². The van der Waals surface area contributed by atoms with Gasteiger partial charge in [-0.3, -0.25) is 0 Å². The molecule has 0 aliphatic carbocycles. The van der Waals surface area contributed by atoms with Crippen molar-refractivity contribution in [3.8, 4) is 0 Å². The molecule has 0 saturated carbocycles. The summed E-state index contributed by atoms with van der Waals surface area (Å²) in [4.78, 5) is 0.334.